The summed E-state index contributed by atoms with van der Waals surface area (Å²) in [5.41, 5.74) is 7.56. The number of nitrogens with zero attached hydrogens (tertiary/aromatic N) is 2. The number of hydrogen-bond donors (Lipinski definition) is 1. The van der Waals surface area contributed by atoms with Crippen LogP contribution in [0.3, 0.4) is 0 Å². The average Bonchev–Trinajstić information content (AvgIpc) is 2.86. The number of hydrogen-bond acceptors (Lipinski definition) is 5. The summed E-state index contributed by atoms with van der Waals surface area (Å²) < 4.78 is 0. The van der Waals surface area contributed by atoms with E-state index in [0.717, 1.165) is 42.2 Å². The molecule has 92 valence electrons. The lowest BCUT2D eigenvalue weighted by Gasteiger charge is -1.94. The largest absolute Gasteiger partial charge is 0.330 e. The molecule has 0 bridgehead atoms. The second-order valence-corrected chi connectivity index (χ2v) is 6.36. The van der Waals surface area contributed by atoms with E-state index in [1.54, 1.807) is 22.7 Å². The molecule has 0 saturated carbocycles. The average molecular weight is 267 g/mol. The van der Waals surface area contributed by atoms with Gasteiger partial charge >= 0.3 is 0 Å². The van der Waals surface area contributed by atoms with Crippen LogP contribution >= 0.6 is 22.7 Å². The Bertz CT molecular complexity index is 488. The molecule has 2 aromatic heterocycles. The number of aromatic nitrogens is 2. The maximum atomic E-state index is 5.49. The highest BCUT2D eigenvalue weighted by Gasteiger charge is 2.11. The van der Waals surface area contributed by atoms with Crippen LogP contribution < -0.4 is 5.73 Å². The number of nitrogens with two attached hydrogens (primary N) is 1. The molecule has 0 aliphatic heterocycles. The minimum atomic E-state index is 0.766. The molecule has 0 amide bonds. The van der Waals surface area contributed by atoms with E-state index in [9.17, 15) is 0 Å². The molecule has 17 heavy (non-hydrogen) atoms. The Hall–Kier alpha value is -0.780. The van der Waals surface area contributed by atoms with Gasteiger partial charge in [0.1, 0.15) is 11.4 Å². The molecule has 0 spiro atoms. The summed E-state index contributed by atoms with van der Waals surface area (Å²) in [6.45, 7) is 4.91. The van der Waals surface area contributed by atoms with Crippen molar-refractivity contribution in [3.05, 3.63) is 20.3 Å². The van der Waals surface area contributed by atoms with E-state index in [4.69, 9.17) is 5.73 Å². The third kappa shape index (κ3) is 3.12. The van der Waals surface area contributed by atoms with Crippen molar-refractivity contribution in [3.63, 3.8) is 0 Å². The Kier molecular flexibility index (Phi) is 4.25. The Labute approximate surface area is 110 Å². The van der Waals surface area contributed by atoms with Crippen molar-refractivity contribution in [1.29, 1.82) is 0 Å². The standard InChI is InChI=1S/C12H17N3S2/c1-8-12(14-9(2)17-8)10-7-16-11(15-10)5-3-4-6-13/h7H,3-6,13H2,1-2H3. The minimum Gasteiger partial charge on any atom is -0.330 e. The zero-order valence-corrected chi connectivity index (χ0v) is 11.8. The first-order chi connectivity index (χ1) is 8.20. The normalized spacial score (nSPS) is 11.0. The van der Waals surface area contributed by atoms with Gasteiger partial charge in [0.15, 0.2) is 0 Å². The molecule has 2 rings (SSSR count). The predicted octanol–water partition coefficient (Wildman–Crippen LogP) is 3.16. The molecule has 2 aromatic rings. The lowest BCUT2D eigenvalue weighted by Crippen LogP contribution is -1.98. The first-order valence-electron chi connectivity index (χ1n) is 5.79. The van der Waals surface area contributed by atoms with E-state index >= 15 is 0 Å². The first kappa shape index (κ1) is 12.7. The summed E-state index contributed by atoms with van der Waals surface area (Å²) in [6.07, 6.45) is 3.23. The summed E-state index contributed by atoms with van der Waals surface area (Å²) in [4.78, 5) is 10.4. The molecule has 3 nitrogen and oxygen atoms in total. The summed E-state index contributed by atoms with van der Waals surface area (Å²) >= 11 is 3.46. The number of thiazole rings is 2. The summed E-state index contributed by atoms with van der Waals surface area (Å²) in [5.74, 6) is 0. The van der Waals surface area contributed by atoms with Gasteiger partial charge in [0.2, 0.25) is 0 Å². The van der Waals surface area contributed by atoms with Gasteiger partial charge in [-0.15, -0.1) is 22.7 Å². The van der Waals surface area contributed by atoms with Crippen molar-refractivity contribution < 1.29 is 0 Å². The van der Waals surface area contributed by atoms with Crippen molar-refractivity contribution >= 4 is 22.7 Å². The summed E-state index contributed by atoms with van der Waals surface area (Å²) in [7, 11) is 0. The van der Waals surface area contributed by atoms with Crippen molar-refractivity contribution in [2.24, 2.45) is 5.73 Å². The molecule has 2 heterocycles. The fraction of sp³-hybridized carbons (Fsp3) is 0.500. The quantitative estimate of drug-likeness (QED) is 0.847. The molecule has 5 heteroatoms. The van der Waals surface area contributed by atoms with Crippen LogP contribution in [-0.2, 0) is 6.42 Å². The van der Waals surface area contributed by atoms with E-state index in [0.29, 0.717) is 0 Å². The molecule has 0 aliphatic carbocycles. The Balaban J connectivity index is 2.10. The molecule has 0 aliphatic rings. The van der Waals surface area contributed by atoms with Crippen LogP contribution in [0, 0.1) is 13.8 Å². The van der Waals surface area contributed by atoms with Gasteiger partial charge < -0.3 is 5.73 Å². The fourth-order valence-electron chi connectivity index (χ4n) is 1.72. The van der Waals surface area contributed by atoms with Crippen LogP contribution in [0.4, 0.5) is 0 Å². The maximum absolute atomic E-state index is 5.49. The number of aryl methyl sites for hydroxylation is 3. The Morgan fingerprint density at radius 2 is 2.06 bits per heavy atom. The molecule has 0 atom stereocenters. The topological polar surface area (TPSA) is 51.8 Å². The van der Waals surface area contributed by atoms with E-state index in [2.05, 4.69) is 22.3 Å². The van der Waals surface area contributed by atoms with Gasteiger partial charge in [-0.05, 0) is 39.7 Å². The summed E-state index contributed by atoms with van der Waals surface area (Å²) in [6, 6.07) is 0. The van der Waals surface area contributed by atoms with Crippen LogP contribution in [0.5, 0.6) is 0 Å². The lowest BCUT2D eigenvalue weighted by atomic mass is 10.2. The van der Waals surface area contributed by atoms with Crippen LogP contribution in [0.25, 0.3) is 11.4 Å². The Morgan fingerprint density at radius 1 is 1.24 bits per heavy atom. The van der Waals surface area contributed by atoms with Crippen LogP contribution in [0.1, 0.15) is 27.7 Å². The highest BCUT2D eigenvalue weighted by molar-refractivity contribution is 7.12. The third-order valence-electron chi connectivity index (χ3n) is 2.54. The minimum absolute atomic E-state index is 0.766. The van der Waals surface area contributed by atoms with Gasteiger partial charge in [0.05, 0.1) is 10.0 Å². The number of rotatable bonds is 5. The second-order valence-electron chi connectivity index (χ2n) is 4.01. The SMILES string of the molecule is Cc1nc(-c2csc(CCCCN)n2)c(C)s1. The van der Waals surface area contributed by atoms with E-state index < -0.39 is 0 Å². The summed E-state index contributed by atoms with van der Waals surface area (Å²) in [5, 5.41) is 4.41. The molecule has 0 unspecified atom stereocenters. The monoisotopic (exact) mass is 267 g/mol. The maximum Gasteiger partial charge on any atom is 0.104 e. The van der Waals surface area contributed by atoms with Crippen molar-refractivity contribution in [3.8, 4) is 11.4 Å². The van der Waals surface area contributed by atoms with Crippen LogP contribution in [0.15, 0.2) is 5.38 Å². The molecule has 0 fully saturated rings. The van der Waals surface area contributed by atoms with Gasteiger partial charge in [-0.1, -0.05) is 0 Å². The second kappa shape index (κ2) is 5.71. The lowest BCUT2D eigenvalue weighted by molar-refractivity contribution is 0.742. The van der Waals surface area contributed by atoms with Gasteiger partial charge in [-0.3, -0.25) is 0 Å². The molecular weight excluding hydrogens is 250 g/mol. The first-order valence-corrected chi connectivity index (χ1v) is 7.49. The number of unbranched alkanes of at least 4 members (excludes halogenated alkanes) is 1. The van der Waals surface area contributed by atoms with Crippen molar-refractivity contribution in [1.82, 2.24) is 9.97 Å². The molecule has 0 aromatic carbocycles. The molecular formula is C12H17N3S2. The van der Waals surface area contributed by atoms with Crippen LogP contribution in [-0.4, -0.2) is 16.5 Å². The van der Waals surface area contributed by atoms with E-state index in [1.165, 1.54) is 9.88 Å². The van der Waals surface area contributed by atoms with E-state index in [1.807, 2.05) is 6.92 Å². The predicted molar refractivity (Wildman–Crippen MR) is 74.7 cm³/mol. The Morgan fingerprint density at radius 3 is 2.71 bits per heavy atom. The van der Waals surface area contributed by atoms with Gasteiger partial charge in [-0.25, -0.2) is 9.97 Å². The van der Waals surface area contributed by atoms with Gasteiger partial charge in [0, 0.05) is 10.3 Å². The van der Waals surface area contributed by atoms with Crippen LogP contribution in [0.2, 0.25) is 0 Å². The highest BCUT2D eigenvalue weighted by atomic mass is 32.1. The van der Waals surface area contributed by atoms with Gasteiger partial charge in [0.25, 0.3) is 0 Å². The van der Waals surface area contributed by atoms with Crippen molar-refractivity contribution in [2.45, 2.75) is 33.1 Å². The zero-order valence-electron chi connectivity index (χ0n) is 10.2. The molecule has 0 radical (unpaired) electrons. The smallest absolute Gasteiger partial charge is 0.104 e. The fourth-order valence-corrected chi connectivity index (χ4v) is 3.37. The van der Waals surface area contributed by atoms with Crippen molar-refractivity contribution in [2.75, 3.05) is 6.54 Å². The molecule has 0 saturated heterocycles. The highest BCUT2D eigenvalue weighted by Crippen LogP contribution is 2.28. The van der Waals surface area contributed by atoms with Gasteiger partial charge in [-0.2, -0.15) is 0 Å². The zero-order chi connectivity index (χ0) is 12.3. The molecule has 2 N–H and O–H groups in total. The van der Waals surface area contributed by atoms with E-state index in [-0.39, 0.29) is 0 Å². The third-order valence-corrected chi connectivity index (χ3v) is 4.34.